The summed E-state index contributed by atoms with van der Waals surface area (Å²) in [4.78, 5) is 5.56. The molecular formula is C34H29NS. The third-order valence-electron chi connectivity index (χ3n) is 8.97. The zero-order valence-electron chi connectivity index (χ0n) is 20.9. The van der Waals surface area contributed by atoms with E-state index in [4.69, 9.17) is 4.99 Å². The van der Waals surface area contributed by atoms with Crippen molar-refractivity contribution in [3.8, 4) is 0 Å². The number of aliphatic imine (C=N–C) groups is 1. The monoisotopic (exact) mass is 483 g/mol. The van der Waals surface area contributed by atoms with Crippen LogP contribution in [0, 0.1) is 0 Å². The number of hydrogen-bond donors (Lipinski definition) is 0. The zero-order valence-corrected chi connectivity index (χ0v) is 21.7. The molecule has 0 N–H and O–H groups in total. The van der Waals surface area contributed by atoms with E-state index in [1.807, 2.05) is 11.8 Å². The van der Waals surface area contributed by atoms with Gasteiger partial charge in [0.1, 0.15) is 0 Å². The van der Waals surface area contributed by atoms with Gasteiger partial charge in [0.25, 0.3) is 0 Å². The average Bonchev–Trinajstić information content (AvgIpc) is 2.93. The van der Waals surface area contributed by atoms with Crippen molar-refractivity contribution in [1.82, 2.24) is 0 Å². The maximum atomic E-state index is 5.56. The van der Waals surface area contributed by atoms with Gasteiger partial charge in [-0.15, -0.1) is 0 Å². The highest BCUT2D eigenvalue weighted by Gasteiger charge is 2.61. The van der Waals surface area contributed by atoms with E-state index in [0.717, 1.165) is 0 Å². The molecule has 3 aliphatic rings. The number of hydrogen-bond acceptors (Lipinski definition) is 2. The van der Waals surface area contributed by atoms with Gasteiger partial charge >= 0.3 is 0 Å². The normalized spacial score (nSPS) is 26.4. The van der Waals surface area contributed by atoms with E-state index in [9.17, 15) is 0 Å². The van der Waals surface area contributed by atoms with Crippen molar-refractivity contribution in [2.45, 2.75) is 36.0 Å². The van der Waals surface area contributed by atoms with E-state index in [0.29, 0.717) is 5.25 Å². The molecule has 2 heteroatoms. The molecule has 0 radical (unpaired) electrons. The Labute approximate surface area is 217 Å². The lowest BCUT2D eigenvalue weighted by Crippen LogP contribution is -2.62. The molecular weight excluding hydrogens is 454 g/mol. The Bertz CT molecular complexity index is 1580. The quantitative estimate of drug-likeness (QED) is 0.186. The summed E-state index contributed by atoms with van der Waals surface area (Å²) in [6.07, 6.45) is 4.46. The summed E-state index contributed by atoms with van der Waals surface area (Å²) < 4.78 is 0. The van der Waals surface area contributed by atoms with Crippen molar-refractivity contribution in [2.75, 3.05) is 6.26 Å². The van der Waals surface area contributed by atoms with Crippen molar-refractivity contribution in [3.05, 3.63) is 131 Å². The Morgan fingerprint density at radius 3 is 1.58 bits per heavy atom. The lowest BCUT2D eigenvalue weighted by atomic mass is 9.48. The summed E-state index contributed by atoms with van der Waals surface area (Å²) in [5, 5.41) is 5.39. The van der Waals surface area contributed by atoms with Crippen LogP contribution < -0.4 is 0 Å². The molecule has 5 aromatic rings. The van der Waals surface area contributed by atoms with Gasteiger partial charge in [0.05, 0.1) is 6.04 Å². The zero-order chi connectivity index (χ0) is 24.5. The van der Waals surface area contributed by atoms with Gasteiger partial charge in [0, 0.05) is 27.9 Å². The van der Waals surface area contributed by atoms with E-state index < -0.39 is 0 Å². The van der Waals surface area contributed by atoms with Crippen molar-refractivity contribution in [3.63, 3.8) is 0 Å². The van der Waals surface area contributed by atoms with E-state index >= 15 is 0 Å². The van der Waals surface area contributed by atoms with Crippen LogP contribution in [-0.2, 0) is 10.8 Å². The molecule has 0 unspecified atom stereocenters. The van der Waals surface area contributed by atoms with Gasteiger partial charge in [-0.3, -0.25) is 4.99 Å². The van der Waals surface area contributed by atoms with Crippen LogP contribution in [0.5, 0.6) is 0 Å². The van der Waals surface area contributed by atoms with Crippen LogP contribution in [0.3, 0.4) is 0 Å². The summed E-state index contributed by atoms with van der Waals surface area (Å²) in [6, 6.07) is 38.0. The second-order valence-electron chi connectivity index (χ2n) is 10.6. The Morgan fingerprint density at radius 2 is 1.08 bits per heavy atom. The third kappa shape index (κ3) is 2.71. The molecule has 8 rings (SSSR count). The molecule has 2 bridgehead atoms. The molecule has 5 aromatic carbocycles. The summed E-state index contributed by atoms with van der Waals surface area (Å²) in [5.74, 6) is 0. The highest BCUT2D eigenvalue weighted by atomic mass is 32.2. The van der Waals surface area contributed by atoms with Gasteiger partial charge in [0.2, 0.25) is 0 Å². The van der Waals surface area contributed by atoms with Crippen LogP contribution in [0.15, 0.2) is 108 Å². The molecule has 0 heterocycles. The minimum absolute atomic E-state index is 0.0901. The van der Waals surface area contributed by atoms with Crippen LogP contribution in [-0.4, -0.2) is 23.8 Å². The predicted octanol–water partition coefficient (Wildman–Crippen LogP) is 8.15. The van der Waals surface area contributed by atoms with E-state index in [1.54, 1.807) is 0 Å². The Hall–Kier alpha value is -3.36. The largest absolute Gasteiger partial charge is 0.287 e. The van der Waals surface area contributed by atoms with Gasteiger partial charge in [-0.1, -0.05) is 104 Å². The number of nitrogens with zero attached hydrogens (tertiary/aromatic N) is 1. The van der Waals surface area contributed by atoms with Crippen molar-refractivity contribution in [1.29, 1.82) is 0 Å². The van der Waals surface area contributed by atoms with E-state index in [-0.39, 0.29) is 16.9 Å². The lowest BCUT2D eigenvalue weighted by Gasteiger charge is -2.60. The second kappa shape index (κ2) is 7.82. The topological polar surface area (TPSA) is 12.4 Å². The minimum Gasteiger partial charge on any atom is -0.287 e. The third-order valence-corrected chi connectivity index (χ3v) is 10.2. The number of benzene rings is 5. The number of fused-ring (bicyclic) bond motifs is 3. The summed E-state index contributed by atoms with van der Waals surface area (Å²) in [6.45, 7) is 4.87. The maximum absolute atomic E-state index is 5.56. The first-order chi connectivity index (χ1) is 17.6. The summed E-state index contributed by atoms with van der Waals surface area (Å²) in [5.41, 5.74) is 6.74. The van der Waals surface area contributed by atoms with Crippen LogP contribution in [0.25, 0.3) is 21.5 Å². The fourth-order valence-electron chi connectivity index (χ4n) is 7.25. The lowest BCUT2D eigenvalue weighted by molar-refractivity contribution is 0.294. The summed E-state index contributed by atoms with van der Waals surface area (Å²) in [7, 11) is 0. The Kier molecular flexibility index (Phi) is 4.75. The highest BCUT2D eigenvalue weighted by molar-refractivity contribution is 7.99. The van der Waals surface area contributed by atoms with Crippen molar-refractivity contribution in [2.24, 2.45) is 4.99 Å². The molecule has 0 aromatic heterocycles. The van der Waals surface area contributed by atoms with Crippen molar-refractivity contribution < 1.29 is 0 Å². The molecule has 176 valence electrons. The maximum Gasteiger partial charge on any atom is 0.0764 e. The van der Waals surface area contributed by atoms with Crippen LogP contribution in [0.2, 0.25) is 0 Å². The molecule has 1 nitrogen and oxygen atoms in total. The van der Waals surface area contributed by atoms with Crippen molar-refractivity contribution >= 4 is 39.5 Å². The highest BCUT2D eigenvalue weighted by Crippen LogP contribution is 2.62. The second-order valence-corrected chi connectivity index (χ2v) is 11.6. The Morgan fingerprint density at radius 1 is 0.639 bits per heavy atom. The molecule has 0 aliphatic heterocycles. The molecule has 0 saturated heterocycles. The first-order valence-corrected chi connectivity index (χ1v) is 14.0. The fraction of sp³-hybridized carbons (Fsp3) is 0.206. The van der Waals surface area contributed by atoms with Gasteiger partial charge < -0.3 is 0 Å². The molecule has 0 saturated carbocycles. The van der Waals surface area contributed by atoms with Gasteiger partial charge in [-0.25, -0.2) is 0 Å². The van der Waals surface area contributed by atoms with Gasteiger partial charge in [0.15, 0.2) is 0 Å². The number of thioether (sulfide) groups is 1. The first-order valence-electron chi connectivity index (χ1n) is 12.7. The Balaban J connectivity index is 1.50. The standard InChI is InChI=1S/C34H29NS/c1-33-27-16-8-10-18-29(27)34(2,30-19-11-9-17-28(30)33)32(36-3)31(33)35-21-26-24-14-6-4-12-22(24)20-23-13-5-7-15-25(23)26/h4-21,31-32H,1-3H3/t31-,32+,33?,34?/m1/s1. The molecule has 0 amide bonds. The molecule has 2 atom stereocenters. The van der Waals surface area contributed by atoms with Crippen LogP contribution >= 0.6 is 11.8 Å². The van der Waals surface area contributed by atoms with E-state index in [1.165, 1.54) is 49.4 Å². The van der Waals surface area contributed by atoms with Crippen LogP contribution in [0.1, 0.15) is 41.7 Å². The van der Waals surface area contributed by atoms with Crippen LogP contribution in [0.4, 0.5) is 0 Å². The molecule has 3 aliphatic carbocycles. The van der Waals surface area contributed by atoms with Gasteiger partial charge in [-0.2, -0.15) is 11.8 Å². The molecule has 36 heavy (non-hydrogen) atoms. The first kappa shape index (κ1) is 21.9. The molecule has 0 spiro atoms. The molecule has 0 fully saturated rings. The predicted molar refractivity (Wildman–Crippen MR) is 156 cm³/mol. The average molecular weight is 484 g/mol. The van der Waals surface area contributed by atoms with Gasteiger partial charge in [-0.05, 0) is 63.0 Å². The smallest absolute Gasteiger partial charge is 0.0764 e. The number of rotatable bonds is 3. The summed E-state index contributed by atoms with van der Waals surface area (Å²) >= 11 is 1.97. The van der Waals surface area contributed by atoms with E-state index in [2.05, 4.69) is 129 Å². The minimum atomic E-state index is -0.185. The fourth-order valence-corrected chi connectivity index (χ4v) is 8.57. The SMILES string of the molecule is CS[C@H]1[C@@H](N=Cc2c3ccccc3cc3ccccc23)C2(C)c3ccccc3C1(C)c1ccccc12.